The summed E-state index contributed by atoms with van der Waals surface area (Å²) in [6, 6.07) is 0. The van der Waals surface area contributed by atoms with E-state index in [4.69, 9.17) is 5.73 Å². The van der Waals surface area contributed by atoms with Crippen molar-refractivity contribution in [2.75, 3.05) is 19.6 Å². The summed E-state index contributed by atoms with van der Waals surface area (Å²) >= 11 is 0. The molecule has 1 aliphatic rings. The van der Waals surface area contributed by atoms with Gasteiger partial charge >= 0.3 is 0 Å². The van der Waals surface area contributed by atoms with Crippen molar-refractivity contribution in [1.29, 1.82) is 0 Å². The zero-order valence-corrected chi connectivity index (χ0v) is 6.43. The molecule has 1 atom stereocenters. The van der Waals surface area contributed by atoms with Gasteiger partial charge in [0.1, 0.15) is 0 Å². The van der Waals surface area contributed by atoms with Crippen molar-refractivity contribution < 1.29 is 5.11 Å². The van der Waals surface area contributed by atoms with E-state index < -0.39 is 5.60 Å². The predicted molar refractivity (Wildman–Crippen MR) is 40.7 cm³/mol. The molecule has 1 rings (SSSR count). The van der Waals surface area contributed by atoms with Crippen molar-refractivity contribution in [3.05, 3.63) is 0 Å². The topological polar surface area (TPSA) is 58.3 Å². The van der Waals surface area contributed by atoms with E-state index in [-0.39, 0.29) is 5.92 Å². The van der Waals surface area contributed by atoms with E-state index in [9.17, 15) is 5.11 Å². The maximum Gasteiger partial charge on any atom is 0.0934 e. The van der Waals surface area contributed by atoms with Gasteiger partial charge in [-0.1, -0.05) is 6.92 Å². The lowest BCUT2D eigenvalue weighted by molar-refractivity contribution is -0.0597. The Morgan fingerprint density at radius 2 is 2.30 bits per heavy atom. The van der Waals surface area contributed by atoms with Crippen LogP contribution in [0.5, 0.6) is 0 Å². The average Bonchev–Trinajstić information content (AvgIpc) is 1.87. The van der Waals surface area contributed by atoms with Gasteiger partial charge in [0.05, 0.1) is 5.60 Å². The summed E-state index contributed by atoms with van der Waals surface area (Å²) < 4.78 is 0. The highest BCUT2D eigenvalue weighted by molar-refractivity contribution is 4.97. The van der Waals surface area contributed by atoms with E-state index in [1.807, 2.05) is 0 Å². The molecule has 0 spiro atoms. The maximum absolute atomic E-state index is 9.73. The van der Waals surface area contributed by atoms with E-state index in [0.29, 0.717) is 19.6 Å². The largest absolute Gasteiger partial charge is 0.387 e. The van der Waals surface area contributed by atoms with Crippen molar-refractivity contribution in [3.63, 3.8) is 0 Å². The first-order valence-corrected chi connectivity index (χ1v) is 3.86. The third kappa shape index (κ3) is 1.17. The Kier molecular flexibility index (Phi) is 2.28. The second kappa shape index (κ2) is 2.86. The van der Waals surface area contributed by atoms with E-state index in [1.54, 1.807) is 0 Å². The van der Waals surface area contributed by atoms with E-state index in [2.05, 4.69) is 12.2 Å². The molecule has 1 fully saturated rings. The first-order valence-electron chi connectivity index (χ1n) is 3.86. The monoisotopic (exact) mass is 144 g/mol. The first-order chi connectivity index (χ1) is 4.73. The molecule has 4 N–H and O–H groups in total. The molecule has 0 radical (unpaired) electrons. The fourth-order valence-corrected chi connectivity index (χ4v) is 1.44. The lowest BCUT2D eigenvalue weighted by Gasteiger charge is -2.43. The van der Waals surface area contributed by atoms with Gasteiger partial charge in [-0.15, -0.1) is 0 Å². The molecule has 60 valence electrons. The van der Waals surface area contributed by atoms with Crippen LogP contribution in [0.3, 0.4) is 0 Å². The Balaban J connectivity index is 2.43. The number of rotatable bonds is 3. The minimum Gasteiger partial charge on any atom is -0.387 e. The second-order valence-electron chi connectivity index (χ2n) is 3.05. The first kappa shape index (κ1) is 7.98. The fourth-order valence-electron chi connectivity index (χ4n) is 1.44. The second-order valence-corrected chi connectivity index (χ2v) is 3.05. The number of nitrogens with two attached hydrogens (primary N) is 1. The SMILES string of the molecule is CCC(CN)C1(O)CNC1. The summed E-state index contributed by atoms with van der Waals surface area (Å²) in [6.07, 6.45) is 0.967. The lowest BCUT2D eigenvalue weighted by Crippen LogP contribution is -2.64. The molecule has 1 unspecified atom stereocenters. The average molecular weight is 144 g/mol. The van der Waals surface area contributed by atoms with Crippen LogP contribution in [0.15, 0.2) is 0 Å². The standard InChI is InChI=1S/C7H16N2O/c1-2-6(3-8)7(10)4-9-5-7/h6,9-10H,2-5,8H2,1H3. The molecular formula is C7H16N2O. The number of hydrogen-bond donors (Lipinski definition) is 3. The van der Waals surface area contributed by atoms with E-state index >= 15 is 0 Å². The Hall–Kier alpha value is -0.120. The van der Waals surface area contributed by atoms with Gasteiger partial charge in [-0.3, -0.25) is 0 Å². The van der Waals surface area contributed by atoms with Crippen LogP contribution in [0.2, 0.25) is 0 Å². The molecule has 0 aromatic carbocycles. The van der Waals surface area contributed by atoms with Gasteiger partial charge in [-0.25, -0.2) is 0 Å². The van der Waals surface area contributed by atoms with Gasteiger partial charge in [0, 0.05) is 19.0 Å². The smallest absolute Gasteiger partial charge is 0.0934 e. The molecule has 3 nitrogen and oxygen atoms in total. The molecule has 0 aromatic rings. The number of nitrogens with one attached hydrogen (secondary N) is 1. The van der Waals surface area contributed by atoms with Crippen molar-refractivity contribution in [2.45, 2.75) is 18.9 Å². The number of hydrogen-bond acceptors (Lipinski definition) is 3. The van der Waals surface area contributed by atoms with Crippen LogP contribution in [0.4, 0.5) is 0 Å². The Morgan fingerprint density at radius 1 is 1.70 bits per heavy atom. The van der Waals surface area contributed by atoms with Gasteiger partial charge in [-0.05, 0) is 13.0 Å². The normalized spacial score (nSPS) is 25.5. The number of aliphatic hydroxyl groups is 1. The van der Waals surface area contributed by atoms with Crippen LogP contribution < -0.4 is 11.1 Å². The highest BCUT2D eigenvalue weighted by Gasteiger charge is 2.40. The molecule has 0 aliphatic carbocycles. The van der Waals surface area contributed by atoms with E-state index in [1.165, 1.54) is 0 Å². The maximum atomic E-state index is 9.73. The van der Waals surface area contributed by atoms with Crippen molar-refractivity contribution >= 4 is 0 Å². The summed E-state index contributed by atoms with van der Waals surface area (Å²) in [5.41, 5.74) is 4.99. The molecule has 0 aromatic heterocycles. The third-order valence-electron chi connectivity index (χ3n) is 2.40. The molecule has 0 amide bonds. The van der Waals surface area contributed by atoms with Gasteiger partial charge < -0.3 is 16.2 Å². The van der Waals surface area contributed by atoms with Gasteiger partial charge in [0.2, 0.25) is 0 Å². The van der Waals surface area contributed by atoms with Crippen molar-refractivity contribution in [2.24, 2.45) is 11.7 Å². The molecule has 1 saturated heterocycles. The van der Waals surface area contributed by atoms with Crippen LogP contribution in [-0.4, -0.2) is 30.3 Å². The van der Waals surface area contributed by atoms with Crippen LogP contribution in [-0.2, 0) is 0 Å². The highest BCUT2D eigenvalue weighted by Crippen LogP contribution is 2.23. The minimum atomic E-state index is -0.497. The van der Waals surface area contributed by atoms with Crippen LogP contribution in [0, 0.1) is 5.92 Å². The van der Waals surface area contributed by atoms with Crippen molar-refractivity contribution in [3.8, 4) is 0 Å². The predicted octanol–water partition coefficient (Wildman–Crippen LogP) is -0.694. The summed E-state index contributed by atoms with van der Waals surface area (Å²) in [4.78, 5) is 0. The Morgan fingerprint density at radius 3 is 2.40 bits per heavy atom. The quantitative estimate of drug-likeness (QED) is 0.491. The summed E-state index contributed by atoms with van der Waals surface area (Å²) in [7, 11) is 0. The minimum absolute atomic E-state index is 0.272. The molecule has 1 aliphatic heterocycles. The van der Waals surface area contributed by atoms with Crippen molar-refractivity contribution in [1.82, 2.24) is 5.32 Å². The highest BCUT2D eigenvalue weighted by atomic mass is 16.3. The van der Waals surface area contributed by atoms with Gasteiger partial charge in [-0.2, -0.15) is 0 Å². The zero-order chi connectivity index (χ0) is 7.61. The van der Waals surface area contributed by atoms with E-state index in [0.717, 1.165) is 6.42 Å². The summed E-state index contributed by atoms with van der Waals surface area (Å²) in [5.74, 6) is 0.272. The summed E-state index contributed by atoms with van der Waals surface area (Å²) in [5, 5.41) is 12.8. The third-order valence-corrected chi connectivity index (χ3v) is 2.40. The lowest BCUT2D eigenvalue weighted by atomic mass is 9.81. The molecule has 0 bridgehead atoms. The Bertz CT molecular complexity index is 108. The molecule has 10 heavy (non-hydrogen) atoms. The summed E-state index contributed by atoms with van der Waals surface area (Å²) in [6.45, 7) is 4.08. The molecular weight excluding hydrogens is 128 g/mol. The molecule has 3 heteroatoms. The number of β-amino-alcohol motifs (C(OH)–C–C–N with tert-alkyl or cyclic N) is 1. The van der Waals surface area contributed by atoms with Crippen LogP contribution in [0.25, 0.3) is 0 Å². The molecule has 1 heterocycles. The van der Waals surface area contributed by atoms with Gasteiger partial charge in [0.25, 0.3) is 0 Å². The van der Waals surface area contributed by atoms with Crippen LogP contribution >= 0.6 is 0 Å². The van der Waals surface area contributed by atoms with Gasteiger partial charge in [0.15, 0.2) is 0 Å². The zero-order valence-electron chi connectivity index (χ0n) is 6.43. The Labute approximate surface area is 61.6 Å². The van der Waals surface area contributed by atoms with Crippen LogP contribution in [0.1, 0.15) is 13.3 Å². The molecule has 0 saturated carbocycles. The fraction of sp³-hybridized carbons (Fsp3) is 1.00.